The lowest BCUT2D eigenvalue weighted by Crippen LogP contribution is -2.15. The third-order valence-corrected chi connectivity index (χ3v) is 2.83. The number of amides is 1. The molecular weight excluding hydrogens is 238 g/mol. The summed E-state index contributed by atoms with van der Waals surface area (Å²) < 4.78 is 5.56. The highest BCUT2D eigenvalue weighted by atomic mass is 16.5. The minimum atomic E-state index is 0.0819. The van der Waals surface area contributed by atoms with Gasteiger partial charge in [-0.25, -0.2) is 0 Å². The number of hydrogen-bond acceptors (Lipinski definition) is 2. The average molecular weight is 263 g/mol. The maximum atomic E-state index is 11.8. The molecule has 106 valence electrons. The van der Waals surface area contributed by atoms with Gasteiger partial charge in [-0.3, -0.25) is 4.79 Å². The number of benzene rings is 1. The molecule has 0 heterocycles. The Morgan fingerprint density at radius 1 is 1.21 bits per heavy atom. The largest absolute Gasteiger partial charge is 0.491 e. The molecule has 1 unspecified atom stereocenters. The zero-order valence-corrected chi connectivity index (χ0v) is 12.4. The fourth-order valence-corrected chi connectivity index (χ4v) is 2.01. The van der Waals surface area contributed by atoms with Crippen LogP contribution in [0.4, 0.5) is 5.69 Å². The second kappa shape index (κ2) is 7.82. The Kier molecular flexibility index (Phi) is 6.40. The fourth-order valence-electron chi connectivity index (χ4n) is 2.01. The quantitative estimate of drug-likeness (QED) is 0.799. The van der Waals surface area contributed by atoms with Crippen LogP contribution in [0.15, 0.2) is 24.3 Å². The number of hydrogen-bond donors (Lipinski definition) is 1. The van der Waals surface area contributed by atoms with E-state index < -0.39 is 0 Å². The van der Waals surface area contributed by atoms with Crippen LogP contribution in [0, 0.1) is 5.92 Å². The van der Waals surface area contributed by atoms with Crippen LogP contribution in [0.1, 0.15) is 47.0 Å². The number of rotatable bonds is 7. The van der Waals surface area contributed by atoms with Crippen LogP contribution >= 0.6 is 0 Å². The van der Waals surface area contributed by atoms with Crippen molar-refractivity contribution in [2.24, 2.45) is 5.92 Å². The van der Waals surface area contributed by atoms with Crippen molar-refractivity contribution in [3.63, 3.8) is 0 Å². The fraction of sp³-hybridized carbons (Fsp3) is 0.562. The number of carbonyl (C=O) groups excluding carboxylic acids is 1. The van der Waals surface area contributed by atoms with E-state index in [4.69, 9.17) is 4.74 Å². The van der Waals surface area contributed by atoms with Gasteiger partial charge in [0.2, 0.25) is 5.91 Å². The van der Waals surface area contributed by atoms with E-state index in [1.807, 2.05) is 38.1 Å². The number of nitrogens with one attached hydrogen (secondary N) is 1. The lowest BCUT2D eigenvalue weighted by molar-refractivity contribution is -0.117. The Labute approximate surface area is 116 Å². The SMILES string of the molecule is CCCC(C)CC(=O)Nc1ccc(OC(C)C)cc1. The van der Waals surface area contributed by atoms with Gasteiger partial charge in [0, 0.05) is 12.1 Å². The smallest absolute Gasteiger partial charge is 0.224 e. The van der Waals surface area contributed by atoms with Gasteiger partial charge in [0.05, 0.1) is 6.10 Å². The van der Waals surface area contributed by atoms with Crippen LogP contribution in [0.5, 0.6) is 5.75 Å². The van der Waals surface area contributed by atoms with Gasteiger partial charge in [-0.05, 0) is 44.0 Å². The predicted octanol–water partition coefficient (Wildman–Crippen LogP) is 4.24. The second-order valence-electron chi connectivity index (χ2n) is 5.34. The molecule has 0 spiro atoms. The van der Waals surface area contributed by atoms with Crippen molar-refractivity contribution in [3.05, 3.63) is 24.3 Å². The van der Waals surface area contributed by atoms with Gasteiger partial charge in [0.1, 0.15) is 5.75 Å². The second-order valence-corrected chi connectivity index (χ2v) is 5.34. The molecule has 0 aromatic heterocycles. The molecule has 0 aliphatic carbocycles. The molecule has 1 aromatic carbocycles. The summed E-state index contributed by atoms with van der Waals surface area (Å²) in [5.41, 5.74) is 0.824. The molecule has 0 bridgehead atoms. The summed E-state index contributed by atoms with van der Waals surface area (Å²) in [5, 5.41) is 2.92. The molecule has 0 aliphatic rings. The zero-order chi connectivity index (χ0) is 14.3. The van der Waals surface area contributed by atoms with Crippen molar-refractivity contribution in [3.8, 4) is 5.75 Å². The molecule has 0 fully saturated rings. The van der Waals surface area contributed by atoms with Crippen molar-refractivity contribution >= 4 is 11.6 Å². The molecule has 1 N–H and O–H groups in total. The monoisotopic (exact) mass is 263 g/mol. The van der Waals surface area contributed by atoms with Gasteiger partial charge >= 0.3 is 0 Å². The van der Waals surface area contributed by atoms with Gasteiger partial charge in [0.25, 0.3) is 0 Å². The Morgan fingerprint density at radius 3 is 2.37 bits per heavy atom. The Balaban J connectivity index is 2.46. The molecule has 1 atom stereocenters. The maximum Gasteiger partial charge on any atom is 0.224 e. The van der Waals surface area contributed by atoms with Crippen molar-refractivity contribution in [2.75, 3.05) is 5.32 Å². The third kappa shape index (κ3) is 6.27. The molecule has 0 radical (unpaired) electrons. The summed E-state index contributed by atoms with van der Waals surface area (Å²) in [5.74, 6) is 1.35. The van der Waals surface area contributed by atoms with Crippen molar-refractivity contribution in [1.82, 2.24) is 0 Å². The normalized spacial score (nSPS) is 12.3. The summed E-state index contributed by atoms with van der Waals surface area (Å²) in [4.78, 5) is 11.8. The van der Waals surface area contributed by atoms with Crippen LogP contribution in [-0.2, 0) is 4.79 Å². The Bertz CT molecular complexity index is 384. The third-order valence-electron chi connectivity index (χ3n) is 2.83. The lowest BCUT2D eigenvalue weighted by Gasteiger charge is -2.12. The molecule has 3 heteroatoms. The minimum absolute atomic E-state index is 0.0819. The van der Waals surface area contributed by atoms with E-state index >= 15 is 0 Å². The van der Waals surface area contributed by atoms with Crippen molar-refractivity contribution in [2.45, 2.75) is 53.1 Å². The van der Waals surface area contributed by atoms with Gasteiger partial charge in [-0.2, -0.15) is 0 Å². The summed E-state index contributed by atoms with van der Waals surface area (Å²) in [7, 11) is 0. The number of anilines is 1. The number of ether oxygens (including phenoxy) is 1. The molecule has 3 nitrogen and oxygen atoms in total. The molecule has 1 aromatic rings. The Morgan fingerprint density at radius 2 is 1.84 bits per heavy atom. The highest BCUT2D eigenvalue weighted by Crippen LogP contribution is 2.18. The van der Waals surface area contributed by atoms with Crippen molar-refractivity contribution < 1.29 is 9.53 Å². The van der Waals surface area contributed by atoms with Crippen LogP contribution in [0.3, 0.4) is 0 Å². The molecule has 19 heavy (non-hydrogen) atoms. The first-order valence-electron chi connectivity index (χ1n) is 7.07. The highest BCUT2D eigenvalue weighted by molar-refractivity contribution is 5.90. The molecule has 0 saturated carbocycles. The standard InChI is InChI=1S/C16H25NO2/c1-5-6-13(4)11-16(18)17-14-7-9-15(10-8-14)19-12(2)3/h7-10,12-13H,5-6,11H2,1-4H3,(H,17,18). The van der Waals surface area contributed by atoms with Gasteiger partial charge < -0.3 is 10.1 Å². The molecule has 0 saturated heterocycles. The van der Waals surface area contributed by atoms with E-state index in [0.29, 0.717) is 12.3 Å². The van der Waals surface area contributed by atoms with Gasteiger partial charge in [-0.15, -0.1) is 0 Å². The van der Waals surface area contributed by atoms with Crippen LogP contribution in [-0.4, -0.2) is 12.0 Å². The van der Waals surface area contributed by atoms with E-state index in [9.17, 15) is 4.79 Å². The zero-order valence-electron chi connectivity index (χ0n) is 12.4. The summed E-state index contributed by atoms with van der Waals surface area (Å²) in [6, 6.07) is 7.51. The van der Waals surface area contributed by atoms with E-state index in [1.165, 1.54) is 0 Å². The summed E-state index contributed by atoms with van der Waals surface area (Å²) >= 11 is 0. The van der Waals surface area contributed by atoms with Gasteiger partial charge in [0.15, 0.2) is 0 Å². The van der Waals surface area contributed by atoms with Crippen LogP contribution < -0.4 is 10.1 Å². The lowest BCUT2D eigenvalue weighted by atomic mass is 10.0. The van der Waals surface area contributed by atoms with Crippen molar-refractivity contribution in [1.29, 1.82) is 0 Å². The summed E-state index contributed by atoms with van der Waals surface area (Å²) in [6.07, 6.45) is 2.96. The van der Waals surface area contributed by atoms with Crippen LogP contribution in [0.25, 0.3) is 0 Å². The van der Waals surface area contributed by atoms with E-state index in [0.717, 1.165) is 24.3 Å². The predicted molar refractivity (Wildman–Crippen MR) is 79.5 cm³/mol. The van der Waals surface area contributed by atoms with E-state index in [-0.39, 0.29) is 12.0 Å². The molecule has 1 amide bonds. The first kappa shape index (κ1) is 15.5. The van der Waals surface area contributed by atoms with E-state index in [2.05, 4.69) is 19.2 Å². The van der Waals surface area contributed by atoms with Gasteiger partial charge in [-0.1, -0.05) is 26.7 Å². The molecular formula is C16H25NO2. The molecule has 1 rings (SSSR count). The first-order valence-corrected chi connectivity index (χ1v) is 7.07. The maximum absolute atomic E-state index is 11.8. The highest BCUT2D eigenvalue weighted by Gasteiger charge is 2.08. The average Bonchev–Trinajstić information content (AvgIpc) is 2.31. The number of carbonyl (C=O) groups is 1. The summed E-state index contributed by atoms with van der Waals surface area (Å²) in [6.45, 7) is 8.24. The van der Waals surface area contributed by atoms with Crippen LogP contribution in [0.2, 0.25) is 0 Å². The topological polar surface area (TPSA) is 38.3 Å². The van der Waals surface area contributed by atoms with E-state index in [1.54, 1.807) is 0 Å². The molecule has 0 aliphatic heterocycles. The minimum Gasteiger partial charge on any atom is -0.491 e. The Hall–Kier alpha value is -1.51. The first-order chi connectivity index (χ1) is 9.01.